The van der Waals surface area contributed by atoms with Crippen LogP contribution in [0.15, 0.2) is 6.07 Å². The standard InChI is InChI=1S/C14H21NO/c1-9(16)13-8-10-7-11(14(2,3)4)5-6-12(10)15-13/h8,11,15H,5-7H2,1-4H3. The molecular formula is C14H21NO. The highest BCUT2D eigenvalue weighted by Crippen LogP contribution is 2.37. The van der Waals surface area contributed by atoms with Crippen molar-refractivity contribution in [2.24, 2.45) is 11.3 Å². The van der Waals surface area contributed by atoms with Gasteiger partial charge in [-0.05, 0) is 42.2 Å². The normalized spacial score (nSPS) is 20.6. The number of aromatic nitrogens is 1. The molecule has 1 aliphatic carbocycles. The summed E-state index contributed by atoms with van der Waals surface area (Å²) in [6, 6.07) is 2.05. The molecule has 0 saturated carbocycles. The van der Waals surface area contributed by atoms with Crippen LogP contribution in [0.3, 0.4) is 0 Å². The van der Waals surface area contributed by atoms with Gasteiger partial charge in [-0.1, -0.05) is 20.8 Å². The van der Waals surface area contributed by atoms with E-state index >= 15 is 0 Å². The Bertz CT molecular complexity index is 409. The molecule has 1 heterocycles. The van der Waals surface area contributed by atoms with Crippen molar-refractivity contribution in [2.75, 3.05) is 0 Å². The first-order chi connectivity index (χ1) is 7.38. The number of carbonyl (C=O) groups is 1. The van der Waals surface area contributed by atoms with Gasteiger partial charge in [0.1, 0.15) is 0 Å². The molecule has 1 aromatic heterocycles. The molecule has 0 radical (unpaired) electrons. The summed E-state index contributed by atoms with van der Waals surface area (Å²) in [5, 5.41) is 0. The summed E-state index contributed by atoms with van der Waals surface area (Å²) in [7, 11) is 0. The third-order valence-electron chi connectivity index (χ3n) is 3.80. The van der Waals surface area contributed by atoms with E-state index in [0.29, 0.717) is 5.41 Å². The predicted octanol–water partition coefficient (Wildman–Crippen LogP) is 3.37. The Labute approximate surface area is 97.4 Å². The largest absolute Gasteiger partial charge is 0.356 e. The maximum Gasteiger partial charge on any atom is 0.175 e. The number of Topliss-reactive ketones (excluding diaryl/α,β-unsaturated/α-hetero) is 1. The lowest BCUT2D eigenvalue weighted by atomic mass is 9.72. The third-order valence-corrected chi connectivity index (χ3v) is 3.80. The quantitative estimate of drug-likeness (QED) is 0.722. The highest BCUT2D eigenvalue weighted by Gasteiger charge is 2.29. The van der Waals surface area contributed by atoms with E-state index in [2.05, 4.69) is 31.8 Å². The van der Waals surface area contributed by atoms with Crippen LogP contribution in [-0.4, -0.2) is 10.8 Å². The molecule has 0 aliphatic heterocycles. The number of H-pyrrole nitrogens is 1. The fraction of sp³-hybridized carbons (Fsp3) is 0.643. The number of nitrogens with one attached hydrogen (secondary N) is 1. The summed E-state index contributed by atoms with van der Waals surface area (Å²) < 4.78 is 0. The van der Waals surface area contributed by atoms with Crippen LogP contribution < -0.4 is 0 Å². The van der Waals surface area contributed by atoms with Crippen molar-refractivity contribution in [3.8, 4) is 0 Å². The van der Waals surface area contributed by atoms with Crippen LogP contribution in [0, 0.1) is 11.3 Å². The SMILES string of the molecule is CC(=O)c1cc2c([nH]1)CCC(C(C)(C)C)C2. The lowest BCUT2D eigenvalue weighted by Gasteiger charge is -2.33. The highest BCUT2D eigenvalue weighted by molar-refractivity contribution is 5.92. The monoisotopic (exact) mass is 219 g/mol. The second kappa shape index (κ2) is 3.76. The van der Waals surface area contributed by atoms with Gasteiger partial charge in [-0.3, -0.25) is 4.79 Å². The number of carbonyl (C=O) groups excluding carboxylic acids is 1. The van der Waals surface area contributed by atoms with Crippen molar-refractivity contribution >= 4 is 5.78 Å². The van der Waals surface area contributed by atoms with Gasteiger partial charge in [0.2, 0.25) is 0 Å². The number of rotatable bonds is 1. The second-order valence-electron chi connectivity index (χ2n) is 6.05. The lowest BCUT2D eigenvalue weighted by molar-refractivity contribution is 0.101. The van der Waals surface area contributed by atoms with Crippen LogP contribution in [0.2, 0.25) is 0 Å². The number of fused-ring (bicyclic) bond motifs is 1. The summed E-state index contributed by atoms with van der Waals surface area (Å²) in [4.78, 5) is 14.6. The van der Waals surface area contributed by atoms with Crippen molar-refractivity contribution in [3.63, 3.8) is 0 Å². The fourth-order valence-corrected chi connectivity index (χ4v) is 2.56. The Morgan fingerprint density at radius 3 is 2.69 bits per heavy atom. The molecule has 2 rings (SSSR count). The molecule has 0 amide bonds. The molecule has 0 saturated heterocycles. The molecule has 0 bridgehead atoms. The molecule has 0 spiro atoms. The minimum absolute atomic E-state index is 0.140. The van der Waals surface area contributed by atoms with E-state index in [0.717, 1.165) is 24.5 Å². The molecule has 0 aromatic carbocycles. The van der Waals surface area contributed by atoms with E-state index in [1.54, 1.807) is 6.92 Å². The van der Waals surface area contributed by atoms with Crippen LogP contribution in [0.4, 0.5) is 0 Å². The molecule has 2 nitrogen and oxygen atoms in total. The molecule has 1 N–H and O–H groups in total. The van der Waals surface area contributed by atoms with Crippen LogP contribution in [0.1, 0.15) is 55.9 Å². The van der Waals surface area contributed by atoms with Gasteiger partial charge in [-0.15, -0.1) is 0 Å². The van der Waals surface area contributed by atoms with Gasteiger partial charge in [-0.2, -0.15) is 0 Å². The number of hydrogen-bond acceptors (Lipinski definition) is 1. The maximum absolute atomic E-state index is 11.3. The lowest BCUT2D eigenvalue weighted by Crippen LogP contribution is -2.26. The first-order valence-corrected chi connectivity index (χ1v) is 6.09. The third kappa shape index (κ3) is 2.06. The van der Waals surface area contributed by atoms with Crippen molar-refractivity contribution in [2.45, 2.75) is 47.0 Å². The van der Waals surface area contributed by atoms with E-state index in [9.17, 15) is 4.79 Å². The van der Waals surface area contributed by atoms with Crippen LogP contribution >= 0.6 is 0 Å². The van der Waals surface area contributed by atoms with Gasteiger partial charge in [-0.25, -0.2) is 0 Å². The molecule has 2 heteroatoms. The first-order valence-electron chi connectivity index (χ1n) is 6.09. The second-order valence-corrected chi connectivity index (χ2v) is 6.05. The molecule has 16 heavy (non-hydrogen) atoms. The average Bonchev–Trinajstić information content (AvgIpc) is 2.58. The zero-order valence-corrected chi connectivity index (χ0v) is 10.7. The Hall–Kier alpha value is -1.05. The fourth-order valence-electron chi connectivity index (χ4n) is 2.56. The zero-order chi connectivity index (χ0) is 11.9. The highest BCUT2D eigenvalue weighted by atomic mass is 16.1. The van der Waals surface area contributed by atoms with Gasteiger partial charge < -0.3 is 4.98 Å². The molecule has 88 valence electrons. The number of aryl methyl sites for hydroxylation is 1. The minimum Gasteiger partial charge on any atom is -0.356 e. The van der Waals surface area contributed by atoms with Crippen LogP contribution in [0.25, 0.3) is 0 Å². The number of ketones is 1. The summed E-state index contributed by atoms with van der Waals surface area (Å²) in [5.41, 5.74) is 3.78. The molecular weight excluding hydrogens is 198 g/mol. The zero-order valence-electron chi connectivity index (χ0n) is 10.7. The van der Waals surface area contributed by atoms with E-state index in [4.69, 9.17) is 0 Å². The summed E-state index contributed by atoms with van der Waals surface area (Å²) in [6.45, 7) is 8.54. The number of aromatic amines is 1. The predicted molar refractivity (Wildman–Crippen MR) is 65.8 cm³/mol. The molecule has 1 aliphatic rings. The average molecular weight is 219 g/mol. The topological polar surface area (TPSA) is 32.9 Å². The minimum atomic E-state index is 0.140. The van der Waals surface area contributed by atoms with Crippen molar-refractivity contribution in [3.05, 3.63) is 23.0 Å². The first kappa shape index (κ1) is 11.4. The van der Waals surface area contributed by atoms with Crippen molar-refractivity contribution in [1.82, 2.24) is 4.98 Å². The van der Waals surface area contributed by atoms with Gasteiger partial charge in [0, 0.05) is 12.6 Å². The Kier molecular flexibility index (Phi) is 2.69. The maximum atomic E-state index is 11.3. The smallest absolute Gasteiger partial charge is 0.175 e. The Balaban J connectivity index is 2.24. The van der Waals surface area contributed by atoms with Crippen molar-refractivity contribution < 1.29 is 4.79 Å². The Morgan fingerprint density at radius 1 is 1.44 bits per heavy atom. The van der Waals surface area contributed by atoms with Gasteiger partial charge in [0.05, 0.1) is 5.69 Å². The summed E-state index contributed by atoms with van der Waals surface area (Å²) in [5.74, 6) is 0.873. The Morgan fingerprint density at radius 2 is 2.12 bits per heavy atom. The van der Waals surface area contributed by atoms with E-state index < -0.39 is 0 Å². The molecule has 1 unspecified atom stereocenters. The van der Waals surface area contributed by atoms with E-state index in [1.165, 1.54) is 17.7 Å². The molecule has 1 aromatic rings. The molecule has 1 atom stereocenters. The number of hydrogen-bond donors (Lipinski definition) is 1. The van der Waals surface area contributed by atoms with Gasteiger partial charge in [0.15, 0.2) is 5.78 Å². The van der Waals surface area contributed by atoms with Crippen molar-refractivity contribution in [1.29, 1.82) is 0 Å². The summed E-state index contributed by atoms with van der Waals surface area (Å²) >= 11 is 0. The van der Waals surface area contributed by atoms with Crippen LogP contribution in [-0.2, 0) is 12.8 Å². The van der Waals surface area contributed by atoms with E-state index in [1.807, 2.05) is 0 Å². The van der Waals surface area contributed by atoms with Crippen LogP contribution in [0.5, 0.6) is 0 Å². The summed E-state index contributed by atoms with van der Waals surface area (Å²) in [6.07, 6.45) is 3.43. The van der Waals surface area contributed by atoms with Gasteiger partial charge in [0.25, 0.3) is 0 Å². The van der Waals surface area contributed by atoms with E-state index in [-0.39, 0.29) is 5.78 Å². The molecule has 0 fully saturated rings. The van der Waals surface area contributed by atoms with Gasteiger partial charge >= 0.3 is 0 Å².